The minimum absolute atomic E-state index is 0.0147. The van der Waals surface area contributed by atoms with Crippen LogP contribution < -0.4 is 5.32 Å². The summed E-state index contributed by atoms with van der Waals surface area (Å²) in [7, 11) is 1.89. The molecule has 2 aromatic heterocycles. The smallest absolute Gasteiger partial charge is 0.311 e. The maximum atomic E-state index is 11.0. The number of hydrogen-bond donors (Lipinski definition) is 1. The number of aryl methyl sites for hydroxylation is 2. The average Bonchev–Trinajstić information content (AvgIpc) is 2.72. The molecule has 106 valence electrons. The number of hydrogen-bond acceptors (Lipinski definition) is 6. The van der Waals surface area contributed by atoms with Crippen LogP contribution in [0, 0.1) is 24.0 Å². The normalized spacial score (nSPS) is 10.6. The number of nitro groups is 1. The standard InChI is InChI=1S/C12H16N6O2/c1-8-6-10(18(19)20)12(14-7-8)13-5-4-11-16-15-9(2)17(11)3/h6-7H,4-5H2,1-3H3,(H,13,14). The highest BCUT2D eigenvalue weighted by atomic mass is 16.6. The van der Waals surface area contributed by atoms with E-state index in [0.29, 0.717) is 13.0 Å². The second kappa shape index (κ2) is 5.64. The Labute approximate surface area is 116 Å². The highest BCUT2D eigenvalue weighted by Crippen LogP contribution is 2.22. The molecule has 0 spiro atoms. The predicted octanol–water partition coefficient (Wildman–Crippen LogP) is 1.39. The van der Waals surface area contributed by atoms with E-state index in [1.807, 2.05) is 18.5 Å². The van der Waals surface area contributed by atoms with Crippen LogP contribution in [0.25, 0.3) is 0 Å². The fourth-order valence-electron chi connectivity index (χ4n) is 1.79. The molecule has 0 bridgehead atoms. The lowest BCUT2D eigenvalue weighted by Gasteiger charge is -2.06. The van der Waals surface area contributed by atoms with Gasteiger partial charge in [-0.2, -0.15) is 0 Å². The Morgan fingerprint density at radius 2 is 2.15 bits per heavy atom. The second-order valence-corrected chi connectivity index (χ2v) is 4.54. The first-order chi connectivity index (χ1) is 9.49. The van der Waals surface area contributed by atoms with Gasteiger partial charge < -0.3 is 9.88 Å². The average molecular weight is 276 g/mol. The molecule has 8 nitrogen and oxygen atoms in total. The van der Waals surface area contributed by atoms with Crippen molar-refractivity contribution < 1.29 is 4.92 Å². The van der Waals surface area contributed by atoms with Crippen LogP contribution in [0.15, 0.2) is 12.3 Å². The fraction of sp³-hybridized carbons (Fsp3) is 0.417. The van der Waals surface area contributed by atoms with Crippen LogP contribution in [0.5, 0.6) is 0 Å². The Kier molecular flexibility index (Phi) is 3.92. The van der Waals surface area contributed by atoms with Gasteiger partial charge in [-0.3, -0.25) is 10.1 Å². The maximum Gasteiger partial charge on any atom is 0.311 e. The molecule has 0 saturated heterocycles. The van der Waals surface area contributed by atoms with E-state index in [4.69, 9.17) is 0 Å². The molecular weight excluding hydrogens is 260 g/mol. The van der Waals surface area contributed by atoms with Crippen LogP contribution in [0.1, 0.15) is 17.2 Å². The van der Waals surface area contributed by atoms with Crippen molar-refractivity contribution in [3.8, 4) is 0 Å². The van der Waals surface area contributed by atoms with Gasteiger partial charge in [0.1, 0.15) is 11.6 Å². The molecule has 0 aliphatic carbocycles. The maximum absolute atomic E-state index is 11.0. The van der Waals surface area contributed by atoms with E-state index in [0.717, 1.165) is 17.2 Å². The van der Waals surface area contributed by atoms with E-state index in [9.17, 15) is 10.1 Å². The van der Waals surface area contributed by atoms with E-state index in [1.165, 1.54) is 6.07 Å². The van der Waals surface area contributed by atoms with Crippen molar-refractivity contribution in [2.24, 2.45) is 7.05 Å². The van der Waals surface area contributed by atoms with E-state index in [-0.39, 0.29) is 11.5 Å². The van der Waals surface area contributed by atoms with Gasteiger partial charge in [-0.25, -0.2) is 4.98 Å². The molecule has 0 aliphatic rings. The fourth-order valence-corrected chi connectivity index (χ4v) is 1.79. The molecule has 0 aliphatic heterocycles. The molecular formula is C12H16N6O2. The largest absolute Gasteiger partial charge is 0.364 e. The molecule has 0 fully saturated rings. The lowest BCUT2D eigenvalue weighted by molar-refractivity contribution is -0.384. The molecule has 0 aromatic carbocycles. The van der Waals surface area contributed by atoms with Crippen molar-refractivity contribution in [3.63, 3.8) is 0 Å². The van der Waals surface area contributed by atoms with Gasteiger partial charge in [0.05, 0.1) is 4.92 Å². The highest BCUT2D eigenvalue weighted by Gasteiger charge is 2.15. The second-order valence-electron chi connectivity index (χ2n) is 4.54. The van der Waals surface area contributed by atoms with E-state index >= 15 is 0 Å². The number of nitrogens with zero attached hydrogens (tertiary/aromatic N) is 5. The highest BCUT2D eigenvalue weighted by molar-refractivity contribution is 5.56. The molecule has 0 amide bonds. The monoisotopic (exact) mass is 276 g/mol. The van der Waals surface area contributed by atoms with Gasteiger partial charge in [0.15, 0.2) is 0 Å². The van der Waals surface area contributed by atoms with Crippen molar-refractivity contribution in [1.29, 1.82) is 0 Å². The molecule has 0 unspecified atom stereocenters. The summed E-state index contributed by atoms with van der Waals surface area (Å²) >= 11 is 0. The van der Waals surface area contributed by atoms with Crippen molar-refractivity contribution in [2.75, 3.05) is 11.9 Å². The summed E-state index contributed by atoms with van der Waals surface area (Å²) in [5.74, 6) is 1.93. The first kappa shape index (κ1) is 13.9. The van der Waals surface area contributed by atoms with Crippen LogP contribution in [0.2, 0.25) is 0 Å². The summed E-state index contributed by atoms with van der Waals surface area (Å²) in [5, 5.41) is 21.9. The Balaban J connectivity index is 2.04. The molecule has 0 radical (unpaired) electrons. The Hall–Kier alpha value is -2.51. The Bertz CT molecular complexity index is 637. The van der Waals surface area contributed by atoms with Gasteiger partial charge in [-0.1, -0.05) is 0 Å². The Morgan fingerprint density at radius 3 is 2.75 bits per heavy atom. The van der Waals surface area contributed by atoms with Crippen LogP contribution in [0.4, 0.5) is 11.5 Å². The number of anilines is 1. The first-order valence-corrected chi connectivity index (χ1v) is 6.19. The number of nitrogens with one attached hydrogen (secondary N) is 1. The van der Waals surface area contributed by atoms with Crippen molar-refractivity contribution in [2.45, 2.75) is 20.3 Å². The number of rotatable bonds is 5. The zero-order chi connectivity index (χ0) is 14.7. The summed E-state index contributed by atoms with van der Waals surface area (Å²) in [6.45, 7) is 4.14. The SMILES string of the molecule is Cc1cnc(NCCc2nnc(C)n2C)c([N+](=O)[O-])c1. The Morgan fingerprint density at radius 1 is 1.40 bits per heavy atom. The molecule has 2 rings (SSSR count). The van der Waals surface area contributed by atoms with E-state index < -0.39 is 4.92 Å². The number of aromatic nitrogens is 4. The van der Waals surface area contributed by atoms with Crippen LogP contribution in [-0.2, 0) is 13.5 Å². The van der Waals surface area contributed by atoms with Gasteiger partial charge in [-0.15, -0.1) is 10.2 Å². The molecule has 20 heavy (non-hydrogen) atoms. The van der Waals surface area contributed by atoms with Gasteiger partial charge in [0, 0.05) is 32.3 Å². The zero-order valence-electron chi connectivity index (χ0n) is 11.6. The van der Waals surface area contributed by atoms with Crippen molar-refractivity contribution >= 4 is 11.5 Å². The topological polar surface area (TPSA) is 98.8 Å². The van der Waals surface area contributed by atoms with Gasteiger partial charge in [0.25, 0.3) is 0 Å². The quantitative estimate of drug-likeness (QED) is 0.654. The third-order valence-corrected chi connectivity index (χ3v) is 3.02. The molecule has 8 heteroatoms. The van der Waals surface area contributed by atoms with Crippen molar-refractivity contribution in [3.05, 3.63) is 39.6 Å². The molecule has 0 atom stereocenters. The van der Waals surface area contributed by atoms with Crippen molar-refractivity contribution in [1.82, 2.24) is 19.7 Å². The lowest BCUT2D eigenvalue weighted by atomic mass is 10.3. The molecule has 0 saturated carbocycles. The summed E-state index contributed by atoms with van der Waals surface area (Å²) in [6, 6.07) is 1.50. The molecule has 2 heterocycles. The first-order valence-electron chi connectivity index (χ1n) is 6.19. The molecule has 1 N–H and O–H groups in total. The van der Waals surface area contributed by atoms with Crippen LogP contribution in [-0.4, -0.2) is 31.2 Å². The molecule has 2 aromatic rings. The third-order valence-electron chi connectivity index (χ3n) is 3.02. The number of pyridine rings is 1. The van der Waals surface area contributed by atoms with E-state index in [1.54, 1.807) is 13.1 Å². The lowest BCUT2D eigenvalue weighted by Crippen LogP contribution is -2.11. The zero-order valence-corrected chi connectivity index (χ0v) is 11.6. The van der Waals surface area contributed by atoms with Gasteiger partial charge in [0.2, 0.25) is 5.82 Å². The summed E-state index contributed by atoms with van der Waals surface area (Å²) < 4.78 is 1.89. The van der Waals surface area contributed by atoms with Gasteiger partial charge >= 0.3 is 5.69 Å². The minimum atomic E-state index is -0.436. The summed E-state index contributed by atoms with van der Waals surface area (Å²) in [5.41, 5.74) is 0.741. The summed E-state index contributed by atoms with van der Waals surface area (Å²) in [4.78, 5) is 14.6. The third kappa shape index (κ3) is 2.90. The summed E-state index contributed by atoms with van der Waals surface area (Å²) in [6.07, 6.45) is 2.21. The van der Waals surface area contributed by atoms with Gasteiger partial charge in [-0.05, 0) is 19.4 Å². The van der Waals surface area contributed by atoms with E-state index in [2.05, 4.69) is 20.5 Å². The van der Waals surface area contributed by atoms with Crippen LogP contribution in [0.3, 0.4) is 0 Å². The predicted molar refractivity (Wildman–Crippen MR) is 73.6 cm³/mol. The van der Waals surface area contributed by atoms with Crippen LogP contribution >= 0.6 is 0 Å². The minimum Gasteiger partial charge on any atom is -0.364 e.